The summed E-state index contributed by atoms with van der Waals surface area (Å²) in [5.74, 6) is 0. The summed E-state index contributed by atoms with van der Waals surface area (Å²) in [5, 5.41) is 6.97. The van der Waals surface area contributed by atoms with Gasteiger partial charge in [0.05, 0.1) is 25.4 Å². The van der Waals surface area contributed by atoms with E-state index in [1.807, 2.05) is 0 Å². The Labute approximate surface area is 278 Å². The molecule has 2 aliphatic heterocycles. The van der Waals surface area contributed by atoms with Crippen molar-refractivity contribution in [1.29, 1.82) is 0 Å². The summed E-state index contributed by atoms with van der Waals surface area (Å²) >= 11 is 0. The summed E-state index contributed by atoms with van der Waals surface area (Å²) in [6, 6.07) is 44.2. The molecule has 0 amide bonds. The Hall–Kier alpha value is -4.84. The molecule has 5 aromatic carbocycles. The third kappa shape index (κ3) is 7.94. The van der Waals surface area contributed by atoms with Crippen molar-refractivity contribution in [2.45, 2.75) is 38.9 Å². The minimum atomic E-state index is 0.337. The summed E-state index contributed by atoms with van der Waals surface area (Å²) < 4.78 is 10.7. The van der Waals surface area contributed by atoms with Gasteiger partial charge in [-0.05, 0) is 113 Å². The van der Waals surface area contributed by atoms with Crippen LogP contribution in [-0.2, 0) is 22.3 Å². The Bertz CT molecular complexity index is 1660. The third-order valence-electron chi connectivity index (χ3n) is 8.93. The van der Waals surface area contributed by atoms with E-state index in [1.165, 1.54) is 27.8 Å². The fourth-order valence-corrected chi connectivity index (χ4v) is 5.80. The number of benzene rings is 5. The van der Waals surface area contributed by atoms with Crippen LogP contribution in [0.2, 0.25) is 0 Å². The predicted molar refractivity (Wildman–Crippen MR) is 196 cm³/mol. The molecule has 0 bridgehead atoms. The first-order valence-electron chi connectivity index (χ1n) is 16.9. The quantitative estimate of drug-likeness (QED) is 0.0956. The Kier molecular flexibility index (Phi) is 9.36. The van der Waals surface area contributed by atoms with E-state index in [1.54, 1.807) is 0 Å². The smallest absolute Gasteiger partial charge is 0.0981 e. The van der Waals surface area contributed by atoms with Crippen molar-refractivity contribution in [3.05, 3.63) is 149 Å². The molecule has 2 heterocycles. The van der Waals surface area contributed by atoms with Crippen LogP contribution in [0.4, 0.5) is 28.4 Å². The van der Waals surface area contributed by atoms with E-state index >= 15 is 0 Å². The SMILES string of the molecule is CCc1ccc(C(=Cc2ccc(N(c3ccc(NCC4CO4)cc3)c3ccc(NCC4CO4)cc3)cc2)c2ccc(CC)cc2)cc1. The molecule has 0 radical (unpaired) electrons. The molecule has 2 N–H and O–H groups in total. The van der Waals surface area contributed by atoms with Crippen LogP contribution in [0.5, 0.6) is 0 Å². The molecule has 0 aliphatic carbocycles. The van der Waals surface area contributed by atoms with Crippen LogP contribution in [0, 0.1) is 0 Å². The maximum absolute atomic E-state index is 5.37. The van der Waals surface area contributed by atoms with Crippen molar-refractivity contribution >= 4 is 40.1 Å². The Morgan fingerprint density at radius 2 is 0.957 bits per heavy atom. The van der Waals surface area contributed by atoms with Crippen molar-refractivity contribution in [3.63, 3.8) is 0 Å². The Balaban J connectivity index is 1.19. The van der Waals surface area contributed by atoms with Crippen LogP contribution >= 0.6 is 0 Å². The lowest BCUT2D eigenvalue weighted by molar-refractivity contribution is 0.416. The summed E-state index contributed by atoms with van der Waals surface area (Å²) in [5.41, 5.74) is 13.0. The molecule has 2 unspecified atom stereocenters. The monoisotopic (exact) mass is 621 g/mol. The maximum Gasteiger partial charge on any atom is 0.0981 e. The van der Waals surface area contributed by atoms with Gasteiger partial charge in [0.15, 0.2) is 0 Å². The van der Waals surface area contributed by atoms with Gasteiger partial charge in [-0.2, -0.15) is 0 Å². The highest BCUT2D eigenvalue weighted by Crippen LogP contribution is 2.36. The van der Waals surface area contributed by atoms with Gasteiger partial charge in [0.25, 0.3) is 0 Å². The lowest BCUT2D eigenvalue weighted by atomic mass is 9.93. The number of ether oxygens (including phenoxy) is 2. The minimum absolute atomic E-state index is 0.337. The van der Waals surface area contributed by atoms with E-state index < -0.39 is 0 Å². The van der Waals surface area contributed by atoms with Gasteiger partial charge < -0.3 is 25.0 Å². The van der Waals surface area contributed by atoms with Crippen LogP contribution in [-0.4, -0.2) is 38.5 Å². The fourth-order valence-electron chi connectivity index (χ4n) is 5.80. The van der Waals surface area contributed by atoms with Crippen LogP contribution in [0.15, 0.2) is 121 Å². The lowest BCUT2D eigenvalue weighted by Crippen LogP contribution is -2.11. The highest BCUT2D eigenvalue weighted by Gasteiger charge is 2.22. The van der Waals surface area contributed by atoms with E-state index in [-0.39, 0.29) is 0 Å². The molecule has 5 aromatic rings. The number of nitrogens with one attached hydrogen (secondary N) is 2. The molecule has 5 heteroatoms. The molecule has 2 saturated heterocycles. The summed E-state index contributed by atoms with van der Waals surface area (Å²) in [6.07, 6.45) is 5.05. The number of epoxide rings is 2. The van der Waals surface area contributed by atoms with Crippen molar-refractivity contribution in [2.75, 3.05) is 41.8 Å². The number of rotatable bonds is 14. The van der Waals surface area contributed by atoms with E-state index in [2.05, 4.69) is 157 Å². The lowest BCUT2D eigenvalue weighted by Gasteiger charge is -2.26. The summed E-state index contributed by atoms with van der Waals surface area (Å²) in [7, 11) is 0. The normalized spacial score (nSPS) is 16.3. The predicted octanol–water partition coefficient (Wildman–Crippen LogP) is 9.49. The Morgan fingerprint density at radius 3 is 1.32 bits per heavy atom. The second-order valence-corrected chi connectivity index (χ2v) is 12.4. The minimum Gasteiger partial charge on any atom is -0.382 e. The first-order chi connectivity index (χ1) is 23.1. The number of hydrogen-bond donors (Lipinski definition) is 2. The number of nitrogens with zero attached hydrogens (tertiary/aromatic N) is 1. The molecule has 5 nitrogen and oxygen atoms in total. The van der Waals surface area contributed by atoms with Crippen LogP contribution in [0.3, 0.4) is 0 Å². The van der Waals surface area contributed by atoms with Crippen LogP contribution < -0.4 is 15.5 Å². The molecule has 2 fully saturated rings. The zero-order valence-electron chi connectivity index (χ0n) is 27.3. The first kappa shape index (κ1) is 30.8. The van der Waals surface area contributed by atoms with E-state index in [9.17, 15) is 0 Å². The van der Waals surface area contributed by atoms with Crippen molar-refractivity contribution in [3.8, 4) is 0 Å². The van der Waals surface area contributed by atoms with Gasteiger partial charge in [-0.3, -0.25) is 0 Å². The van der Waals surface area contributed by atoms with Gasteiger partial charge in [-0.15, -0.1) is 0 Å². The third-order valence-corrected chi connectivity index (χ3v) is 8.93. The molecule has 2 atom stereocenters. The van der Waals surface area contributed by atoms with Crippen LogP contribution in [0.25, 0.3) is 11.6 Å². The van der Waals surface area contributed by atoms with Gasteiger partial charge in [0, 0.05) is 41.5 Å². The van der Waals surface area contributed by atoms with Gasteiger partial charge in [-0.1, -0.05) is 74.5 Å². The van der Waals surface area contributed by atoms with Gasteiger partial charge in [-0.25, -0.2) is 0 Å². The topological polar surface area (TPSA) is 52.4 Å². The molecule has 47 heavy (non-hydrogen) atoms. The van der Waals surface area contributed by atoms with Crippen molar-refractivity contribution in [1.82, 2.24) is 0 Å². The van der Waals surface area contributed by atoms with Gasteiger partial charge in [0.1, 0.15) is 0 Å². The van der Waals surface area contributed by atoms with Gasteiger partial charge in [0.2, 0.25) is 0 Å². The molecule has 0 aromatic heterocycles. The van der Waals surface area contributed by atoms with Gasteiger partial charge >= 0.3 is 0 Å². The van der Waals surface area contributed by atoms with Crippen molar-refractivity contribution in [2.24, 2.45) is 0 Å². The van der Waals surface area contributed by atoms with Crippen molar-refractivity contribution < 1.29 is 9.47 Å². The zero-order chi connectivity index (χ0) is 32.0. The van der Waals surface area contributed by atoms with E-state index in [0.717, 1.165) is 73.1 Å². The molecule has 0 spiro atoms. The average molecular weight is 622 g/mol. The first-order valence-corrected chi connectivity index (χ1v) is 16.9. The highest BCUT2D eigenvalue weighted by atomic mass is 16.6. The average Bonchev–Trinajstić information content (AvgIpc) is 4.07. The fraction of sp³-hybridized carbons (Fsp3) is 0.238. The van der Waals surface area contributed by atoms with Crippen LogP contribution in [0.1, 0.15) is 41.7 Å². The molecule has 0 saturated carbocycles. The number of anilines is 5. The largest absolute Gasteiger partial charge is 0.382 e. The molecule has 238 valence electrons. The number of hydrogen-bond acceptors (Lipinski definition) is 5. The zero-order valence-corrected chi connectivity index (χ0v) is 27.3. The second kappa shape index (κ2) is 14.3. The maximum atomic E-state index is 5.37. The van der Waals surface area contributed by atoms with E-state index in [0.29, 0.717) is 12.2 Å². The molecular formula is C42H43N3O2. The molecule has 2 aliphatic rings. The Morgan fingerprint density at radius 1 is 0.574 bits per heavy atom. The molecule has 7 rings (SSSR count). The number of aryl methyl sites for hydroxylation is 2. The van der Waals surface area contributed by atoms with E-state index in [4.69, 9.17) is 9.47 Å². The molecular weight excluding hydrogens is 578 g/mol. The summed E-state index contributed by atoms with van der Waals surface area (Å²) in [4.78, 5) is 2.31. The standard InChI is InChI=1S/C42H43N3O2/c1-3-30-5-11-33(12-6-30)42(34-13-7-31(4-2)8-14-34)25-32-9-19-37(20-10-32)45(38-21-15-35(16-22-38)43-26-40-28-46-40)39-23-17-36(18-24-39)44-27-41-29-47-41/h5-25,40-41,43-44H,3-4,26-29H2,1-2H3. The summed E-state index contributed by atoms with van der Waals surface area (Å²) in [6.45, 7) is 7.77. The second-order valence-electron chi connectivity index (χ2n) is 12.4. The highest BCUT2D eigenvalue weighted by molar-refractivity contribution is 5.92.